The zero-order valence-electron chi connectivity index (χ0n) is 9.08. The number of nitrogen functional groups attached to an aromatic ring is 1. The Balaban J connectivity index is 2.54. The molecular weight excluding hydrogens is 220 g/mol. The molecule has 2 rings (SSSR count). The molecule has 0 radical (unpaired) electrons. The highest BCUT2D eigenvalue weighted by atomic mass is 16.3. The van der Waals surface area contributed by atoms with E-state index in [-0.39, 0.29) is 24.7 Å². The van der Waals surface area contributed by atoms with Crippen molar-refractivity contribution in [2.24, 2.45) is 5.18 Å². The van der Waals surface area contributed by atoms with Crippen molar-refractivity contribution in [1.82, 2.24) is 9.78 Å². The molecule has 6 heteroatoms. The zero-order chi connectivity index (χ0) is 12.3. The summed E-state index contributed by atoms with van der Waals surface area (Å²) < 4.78 is 1.37. The summed E-state index contributed by atoms with van der Waals surface area (Å²) in [6.07, 6.45) is 0. The molecule has 0 atom stereocenters. The summed E-state index contributed by atoms with van der Waals surface area (Å²) in [5.41, 5.74) is 7.05. The lowest BCUT2D eigenvalue weighted by molar-refractivity contribution is 0.270. The van der Waals surface area contributed by atoms with Crippen LogP contribution in [0.4, 0.5) is 11.5 Å². The Bertz CT molecular complexity index is 522. The van der Waals surface area contributed by atoms with Gasteiger partial charge in [-0.2, -0.15) is 5.10 Å². The van der Waals surface area contributed by atoms with Crippen LogP contribution in [-0.4, -0.2) is 21.5 Å². The standard InChI is InChI=1S/C11H12N4O2/c12-11-10(14-17)9(13-15(11)6-7-16)8-4-2-1-3-5-8/h1-5,16H,6-7,12H2. The Hall–Kier alpha value is -2.21. The average molecular weight is 232 g/mol. The second-order valence-electron chi connectivity index (χ2n) is 3.49. The molecule has 0 saturated heterocycles. The van der Waals surface area contributed by atoms with E-state index < -0.39 is 0 Å². The van der Waals surface area contributed by atoms with E-state index in [1.165, 1.54) is 4.68 Å². The Kier molecular flexibility index (Phi) is 3.15. The fourth-order valence-electron chi connectivity index (χ4n) is 1.61. The normalized spacial score (nSPS) is 10.4. The first-order chi connectivity index (χ1) is 8.27. The summed E-state index contributed by atoms with van der Waals surface area (Å²) >= 11 is 0. The van der Waals surface area contributed by atoms with E-state index in [0.717, 1.165) is 5.56 Å². The largest absolute Gasteiger partial charge is 0.394 e. The number of hydrogen-bond donors (Lipinski definition) is 2. The third-order valence-corrected chi connectivity index (χ3v) is 2.42. The molecule has 2 aromatic rings. The number of rotatable bonds is 4. The van der Waals surface area contributed by atoms with Gasteiger partial charge in [0.25, 0.3) is 0 Å². The van der Waals surface area contributed by atoms with Crippen molar-refractivity contribution in [3.8, 4) is 11.3 Å². The molecule has 0 spiro atoms. The molecule has 17 heavy (non-hydrogen) atoms. The van der Waals surface area contributed by atoms with Gasteiger partial charge in [0.1, 0.15) is 5.69 Å². The van der Waals surface area contributed by atoms with Crippen LogP contribution in [0.1, 0.15) is 0 Å². The van der Waals surface area contributed by atoms with E-state index >= 15 is 0 Å². The van der Waals surface area contributed by atoms with Gasteiger partial charge in [-0.25, -0.2) is 4.68 Å². The predicted octanol–water partition coefficient (Wildman–Crippen LogP) is 1.52. The lowest BCUT2D eigenvalue weighted by Crippen LogP contribution is -2.07. The minimum absolute atomic E-state index is 0.0988. The van der Waals surface area contributed by atoms with Crippen LogP contribution in [0.2, 0.25) is 0 Å². The monoisotopic (exact) mass is 232 g/mol. The molecule has 0 aliphatic heterocycles. The number of aromatic nitrogens is 2. The topological polar surface area (TPSA) is 93.5 Å². The van der Waals surface area contributed by atoms with Gasteiger partial charge in [-0.15, -0.1) is 4.91 Å². The van der Waals surface area contributed by atoms with Gasteiger partial charge in [-0.3, -0.25) is 0 Å². The Morgan fingerprint density at radius 1 is 1.35 bits per heavy atom. The number of aliphatic hydroxyl groups is 1. The second kappa shape index (κ2) is 4.75. The molecule has 0 aliphatic carbocycles. The first-order valence-electron chi connectivity index (χ1n) is 5.14. The molecule has 3 N–H and O–H groups in total. The van der Waals surface area contributed by atoms with Crippen molar-refractivity contribution in [2.45, 2.75) is 6.54 Å². The molecule has 1 aromatic heterocycles. The number of hydrogen-bond acceptors (Lipinski definition) is 5. The van der Waals surface area contributed by atoms with Crippen molar-refractivity contribution < 1.29 is 5.11 Å². The highest BCUT2D eigenvalue weighted by molar-refractivity contribution is 5.79. The van der Waals surface area contributed by atoms with Gasteiger partial charge in [-0.05, 0) is 5.18 Å². The molecule has 0 bridgehead atoms. The molecule has 1 heterocycles. The van der Waals surface area contributed by atoms with Crippen LogP contribution in [0.5, 0.6) is 0 Å². The van der Waals surface area contributed by atoms with E-state index in [1.54, 1.807) is 0 Å². The highest BCUT2D eigenvalue weighted by Gasteiger charge is 2.17. The molecule has 0 amide bonds. The van der Waals surface area contributed by atoms with Gasteiger partial charge < -0.3 is 10.8 Å². The zero-order valence-corrected chi connectivity index (χ0v) is 9.08. The molecule has 1 aromatic carbocycles. The van der Waals surface area contributed by atoms with Crippen molar-refractivity contribution in [1.29, 1.82) is 0 Å². The lowest BCUT2D eigenvalue weighted by Gasteiger charge is -1.98. The third-order valence-electron chi connectivity index (χ3n) is 2.42. The average Bonchev–Trinajstić information content (AvgIpc) is 2.68. The first-order valence-corrected chi connectivity index (χ1v) is 5.14. The van der Waals surface area contributed by atoms with E-state index in [2.05, 4.69) is 10.3 Å². The first kappa shape index (κ1) is 11.3. The lowest BCUT2D eigenvalue weighted by atomic mass is 10.1. The number of benzene rings is 1. The molecular formula is C11H12N4O2. The smallest absolute Gasteiger partial charge is 0.177 e. The quantitative estimate of drug-likeness (QED) is 0.781. The minimum atomic E-state index is -0.0988. The number of aliphatic hydroxyl groups excluding tert-OH is 1. The van der Waals surface area contributed by atoms with Gasteiger partial charge in [0.2, 0.25) is 0 Å². The SMILES string of the molecule is Nc1c(N=O)c(-c2ccccc2)nn1CCO. The molecule has 0 saturated carbocycles. The molecule has 0 aliphatic rings. The van der Waals surface area contributed by atoms with Crippen LogP contribution in [0.25, 0.3) is 11.3 Å². The minimum Gasteiger partial charge on any atom is -0.394 e. The van der Waals surface area contributed by atoms with Crippen LogP contribution in [-0.2, 0) is 6.54 Å². The summed E-state index contributed by atoms with van der Waals surface area (Å²) in [4.78, 5) is 10.8. The summed E-state index contributed by atoms with van der Waals surface area (Å²) in [5, 5.41) is 16.0. The fraction of sp³-hybridized carbons (Fsp3) is 0.182. The number of nitroso groups, excluding NO2 is 1. The maximum atomic E-state index is 10.8. The molecule has 0 unspecified atom stereocenters. The van der Waals surface area contributed by atoms with E-state index in [9.17, 15) is 4.91 Å². The fourth-order valence-corrected chi connectivity index (χ4v) is 1.61. The number of nitrogens with zero attached hydrogens (tertiary/aromatic N) is 3. The summed E-state index contributed by atoms with van der Waals surface area (Å²) in [6, 6.07) is 9.18. The Morgan fingerprint density at radius 2 is 2.06 bits per heavy atom. The van der Waals surface area contributed by atoms with Crippen LogP contribution in [0.3, 0.4) is 0 Å². The van der Waals surface area contributed by atoms with Gasteiger partial charge in [0.05, 0.1) is 13.2 Å². The van der Waals surface area contributed by atoms with Crippen molar-refractivity contribution in [3.63, 3.8) is 0 Å². The summed E-state index contributed by atoms with van der Waals surface area (Å²) in [7, 11) is 0. The van der Waals surface area contributed by atoms with Crippen LogP contribution < -0.4 is 5.73 Å². The van der Waals surface area contributed by atoms with Crippen LogP contribution in [0, 0.1) is 4.91 Å². The van der Waals surface area contributed by atoms with Crippen molar-refractivity contribution in [2.75, 3.05) is 12.3 Å². The van der Waals surface area contributed by atoms with Gasteiger partial charge in [0.15, 0.2) is 11.5 Å². The Labute approximate surface area is 97.7 Å². The third kappa shape index (κ3) is 2.02. The molecule has 6 nitrogen and oxygen atoms in total. The van der Waals surface area contributed by atoms with Gasteiger partial charge in [-0.1, -0.05) is 30.3 Å². The Morgan fingerprint density at radius 3 is 2.65 bits per heavy atom. The van der Waals surface area contributed by atoms with Crippen molar-refractivity contribution in [3.05, 3.63) is 35.2 Å². The van der Waals surface area contributed by atoms with E-state index in [1.807, 2.05) is 30.3 Å². The highest BCUT2D eigenvalue weighted by Crippen LogP contribution is 2.34. The second-order valence-corrected chi connectivity index (χ2v) is 3.49. The maximum absolute atomic E-state index is 10.8. The summed E-state index contributed by atoms with van der Waals surface area (Å²) in [5.74, 6) is 0.174. The van der Waals surface area contributed by atoms with E-state index in [0.29, 0.717) is 5.69 Å². The van der Waals surface area contributed by atoms with Crippen molar-refractivity contribution >= 4 is 11.5 Å². The van der Waals surface area contributed by atoms with E-state index in [4.69, 9.17) is 10.8 Å². The number of anilines is 1. The maximum Gasteiger partial charge on any atom is 0.177 e. The molecule has 0 fully saturated rings. The van der Waals surface area contributed by atoms with Crippen LogP contribution >= 0.6 is 0 Å². The van der Waals surface area contributed by atoms with Gasteiger partial charge >= 0.3 is 0 Å². The van der Waals surface area contributed by atoms with Crippen LogP contribution in [0.15, 0.2) is 35.5 Å². The van der Waals surface area contributed by atoms with Gasteiger partial charge in [0, 0.05) is 5.56 Å². The predicted molar refractivity (Wildman–Crippen MR) is 64.6 cm³/mol. The summed E-state index contributed by atoms with van der Waals surface area (Å²) in [6.45, 7) is 0.138. The molecule has 88 valence electrons. The number of nitrogens with two attached hydrogens (primary N) is 1.